The summed E-state index contributed by atoms with van der Waals surface area (Å²) in [6, 6.07) is 7.35. The Kier molecular flexibility index (Phi) is 3.53. The zero-order valence-electron chi connectivity index (χ0n) is 11.2. The summed E-state index contributed by atoms with van der Waals surface area (Å²) in [7, 11) is 0. The minimum atomic E-state index is -1.06. The highest BCUT2D eigenvalue weighted by Crippen LogP contribution is 2.11. The van der Waals surface area contributed by atoms with Crippen LogP contribution in [0.4, 0.5) is 0 Å². The molecule has 0 aliphatic carbocycles. The van der Waals surface area contributed by atoms with Crippen LogP contribution >= 0.6 is 0 Å². The number of para-hydroxylation sites is 1. The van der Waals surface area contributed by atoms with E-state index < -0.39 is 12.1 Å². The SMILES string of the molecule is O=C(O)[C@H]1CN(C(=O)Cn2nnc3ccccc32)CCO1. The fourth-order valence-corrected chi connectivity index (χ4v) is 2.29. The van der Waals surface area contributed by atoms with Gasteiger partial charge in [0, 0.05) is 6.54 Å². The molecule has 1 aliphatic rings. The van der Waals surface area contributed by atoms with Crippen molar-refractivity contribution in [1.29, 1.82) is 0 Å². The lowest BCUT2D eigenvalue weighted by molar-refractivity contribution is -0.159. The lowest BCUT2D eigenvalue weighted by Crippen LogP contribution is -2.49. The van der Waals surface area contributed by atoms with Crippen LogP contribution in [0.1, 0.15) is 0 Å². The predicted octanol–water partition coefficient (Wildman–Crippen LogP) is -0.257. The van der Waals surface area contributed by atoms with Gasteiger partial charge in [-0.05, 0) is 12.1 Å². The number of carbonyl (C=O) groups is 2. The molecule has 1 atom stereocenters. The average Bonchev–Trinajstić information content (AvgIpc) is 2.91. The van der Waals surface area contributed by atoms with Crippen LogP contribution in [-0.2, 0) is 20.9 Å². The summed E-state index contributed by atoms with van der Waals surface area (Å²) < 4.78 is 6.61. The maximum absolute atomic E-state index is 12.3. The monoisotopic (exact) mass is 290 g/mol. The van der Waals surface area contributed by atoms with Gasteiger partial charge in [-0.2, -0.15) is 0 Å². The molecule has 1 aromatic heterocycles. The van der Waals surface area contributed by atoms with Gasteiger partial charge in [0.1, 0.15) is 12.1 Å². The molecule has 1 aliphatic heterocycles. The Morgan fingerprint density at radius 2 is 2.19 bits per heavy atom. The standard InChI is InChI=1S/C13H14N4O4/c18-12(16-5-6-21-11(7-16)13(19)20)8-17-10-4-2-1-3-9(10)14-15-17/h1-4,11H,5-8H2,(H,19,20)/t11-/m1/s1. The number of aromatic nitrogens is 3. The number of ether oxygens (including phenoxy) is 1. The molecule has 0 radical (unpaired) electrons. The van der Waals surface area contributed by atoms with E-state index >= 15 is 0 Å². The Balaban J connectivity index is 1.72. The zero-order valence-corrected chi connectivity index (χ0v) is 11.2. The number of amides is 1. The normalized spacial score (nSPS) is 18.9. The molecule has 1 N–H and O–H groups in total. The molecule has 0 unspecified atom stereocenters. The summed E-state index contributed by atoms with van der Waals surface area (Å²) in [6.07, 6.45) is -0.963. The van der Waals surface area contributed by atoms with Gasteiger partial charge in [-0.15, -0.1) is 5.10 Å². The van der Waals surface area contributed by atoms with E-state index in [0.29, 0.717) is 6.54 Å². The van der Waals surface area contributed by atoms with Gasteiger partial charge in [-0.1, -0.05) is 17.3 Å². The van der Waals surface area contributed by atoms with Crippen LogP contribution in [-0.4, -0.2) is 62.7 Å². The number of rotatable bonds is 3. The van der Waals surface area contributed by atoms with Crippen LogP contribution in [0.3, 0.4) is 0 Å². The molecule has 2 heterocycles. The van der Waals surface area contributed by atoms with Crippen molar-refractivity contribution in [1.82, 2.24) is 19.9 Å². The quantitative estimate of drug-likeness (QED) is 0.836. The number of carboxylic acids is 1. The fourth-order valence-electron chi connectivity index (χ4n) is 2.29. The topological polar surface area (TPSA) is 97.6 Å². The van der Waals surface area contributed by atoms with E-state index in [9.17, 15) is 9.59 Å². The molecule has 1 fully saturated rings. The zero-order chi connectivity index (χ0) is 14.8. The number of carboxylic acid groups (broad SMARTS) is 1. The van der Waals surface area contributed by atoms with Gasteiger partial charge in [-0.3, -0.25) is 4.79 Å². The summed E-state index contributed by atoms with van der Waals surface area (Å²) in [5.41, 5.74) is 1.49. The molecule has 1 aromatic carbocycles. The molecule has 8 heteroatoms. The molecule has 0 spiro atoms. The Hall–Kier alpha value is -2.48. The van der Waals surface area contributed by atoms with E-state index in [-0.39, 0.29) is 25.6 Å². The summed E-state index contributed by atoms with van der Waals surface area (Å²) >= 11 is 0. The third kappa shape index (κ3) is 2.70. The molecule has 21 heavy (non-hydrogen) atoms. The Labute approximate surface area is 119 Å². The van der Waals surface area contributed by atoms with Crippen molar-refractivity contribution in [3.8, 4) is 0 Å². The molecule has 2 aromatic rings. The molecule has 8 nitrogen and oxygen atoms in total. The molecule has 110 valence electrons. The van der Waals surface area contributed by atoms with Crippen molar-refractivity contribution in [3.05, 3.63) is 24.3 Å². The van der Waals surface area contributed by atoms with Crippen LogP contribution < -0.4 is 0 Å². The number of aliphatic carboxylic acids is 1. The highest BCUT2D eigenvalue weighted by atomic mass is 16.5. The van der Waals surface area contributed by atoms with Crippen LogP contribution in [0, 0.1) is 0 Å². The third-order valence-corrected chi connectivity index (χ3v) is 3.40. The van der Waals surface area contributed by atoms with Crippen molar-refractivity contribution >= 4 is 22.9 Å². The van der Waals surface area contributed by atoms with Crippen molar-refractivity contribution in [2.45, 2.75) is 12.6 Å². The molecule has 3 rings (SSSR count). The second-order valence-corrected chi connectivity index (χ2v) is 4.77. The second kappa shape index (κ2) is 5.49. The van der Waals surface area contributed by atoms with Crippen LogP contribution in [0.5, 0.6) is 0 Å². The minimum absolute atomic E-state index is 0.0346. The van der Waals surface area contributed by atoms with E-state index in [1.807, 2.05) is 24.3 Å². The van der Waals surface area contributed by atoms with E-state index in [1.54, 1.807) is 0 Å². The maximum Gasteiger partial charge on any atom is 0.334 e. The molecule has 0 bridgehead atoms. The largest absolute Gasteiger partial charge is 0.479 e. The van der Waals surface area contributed by atoms with Crippen molar-refractivity contribution in [3.63, 3.8) is 0 Å². The van der Waals surface area contributed by atoms with Gasteiger partial charge in [0.25, 0.3) is 0 Å². The van der Waals surface area contributed by atoms with Gasteiger partial charge < -0.3 is 14.7 Å². The smallest absolute Gasteiger partial charge is 0.334 e. The fraction of sp³-hybridized carbons (Fsp3) is 0.385. The highest BCUT2D eigenvalue weighted by molar-refractivity contribution is 5.81. The number of nitrogens with zero attached hydrogens (tertiary/aromatic N) is 4. The number of benzene rings is 1. The average molecular weight is 290 g/mol. The van der Waals surface area contributed by atoms with E-state index in [0.717, 1.165) is 11.0 Å². The number of hydrogen-bond donors (Lipinski definition) is 1. The van der Waals surface area contributed by atoms with Gasteiger partial charge >= 0.3 is 5.97 Å². The van der Waals surface area contributed by atoms with Crippen LogP contribution in [0.25, 0.3) is 11.0 Å². The maximum atomic E-state index is 12.3. The first-order valence-electron chi connectivity index (χ1n) is 6.55. The molecule has 1 saturated heterocycles. The van der Waals surface area contributed by atoms with E-state index in [1.165, 1.54) is 9.58 Å². The first-order valence-corrected chi connectivity index (χ1v) is 6.55. The number of fused-ring (bicyclic) bond motifs is 1. The summed E-state index contributed by atoms with van der Waals surface area (Å²) in [5.74, 6) is -1.25. The molecular formula is C13H14N4O4. The Morgan fingerprint density at radius 1 is 1.38 bits per heavy atom. The lowest BCUT2D eigenvalue weighted by atomic mass is 10.2. The lowest BCUT2D eigenvalue weighted by Gasteiger charge is -2.30. The predicted molar refractivity (Wildman–Crippen MR) is 71.5 cm³/mol. The van der Waals surface area contributed by atoms with Crippen molar-refractivity contribution in [2.75, 3.05) is 19.7 Å². The van der Waals surface area contributed by atoms with E-state index in [2.05, 4.69) is 10.3 Å². The Morgan fingerprint density at radius 3 is 3.00 bits per heavy atom. The Bertz CT molecular complexity index is 684. The second-order valence-electron chi connectivity index (χ2n) is 4.77. The number of hydrogen-bond acceptors (Lipinski definition) is 5. The first kappa shape index (κ1) is 13.5. The van der Waals surface area contributed by atoms with Crippen LogP contribution in [0.2, 0.25) is 0 Å². The number of carbonyl (C=O) groups excluding carboxylic acids is 1. The molecule has 0 saturated carbocycles. The number of morpholine rings is 1. The van der Waals surface area contributed by atoms with Gasteiger partial charge in [-0.25, -0.2) is 9.48 Å². The van der Waals surface area contributed by atoms with Gasteiger partial charge in [0.2, 0.25) is 5.91 Å². The van der Waals surface area contributed by atoms with Gasteiger partial charge in [0.05, 0.1) is 18.7 Å². The third-order valence-electron chi connectivity index (χ3n) is 3.40. The summed E-state index contributed by atoms with van der Waals surface area (Å²) in [4.78, 5) is 24.7. The van der Waals surface area contributed by atoms with Crippen molar-refractivity contribution < 1.29 is 19.4 Å². The van der Waals surface area contributed by atoms with Gasteiger partial charge in [0.15, 0.2) is 6.10 Å². The van der Waals surface area contributed by atoms with Crippen molar-refractivity contribution in [2.24, 2.45) is 0 Å². The molecular weight excluding hydrogens is 276 g/mol. The summed E-state index contributed by atoms with van der Waals surface area (Å²) in [6.45, 7) is 0.698. The summed E-state index contributed by atoms with van der Waals surface area (Å²) in [5, 5.41) is 16.9. The highest BCUT2D eigenvalue weighted by Gasteiger charge is 2.29. The first-order chi connectivity index (χ1) is 10.1. The molecule has 1 amide bonds. The van der Waals surface area contributed by atoms with E-state index in [4.69, 9.17) is 9.84 Å². The minimum Gasteiger partial charge on any atom is -0.479 e. The van der Waals surface area contributed by atoms with Crippen LogP contribution in [0.15, 0.2) is 24.3 Å².